The third-order valence-electron chi connectivity index (χ3n) is 4.41. The predicted molar refractivity (Wildman–Crippen MR) is 93.3 cm³/mol. The molecule has 1 aromatic heterocycles. The number of anilines is 1. The van der Waals surface area contributed by atoms with Crippen LogP contribution in [0.5, 0.6) is 0 Å². The van der Waals surface area contributed by atoms with Gasteiger partial charge in [0.2, 0.25) is 0 Å². The third kappa shape index (κ3) is 4.08. The number of carbonyl (C=O) groups is 1. The van der Waals surface area contributed by atoms with Crippen molar-refractivity contribution in [3.05, 3.63) is 53.0 Å². The molecule has 1 aromatic carbocycles. The first-order valence-electron chi connectivity index (χ1n) is 8.34. The number of rotatable bonds is 6. The molecule has 1 heterocycles. The van der Waals surface area contributed by atoms with Crippen LogP contribution in [0.3, 0.4) is 0 Å². The van der Waals surface area contributed by atoms with Crippen LogP contribution in [0, 0.1) is 0 Å². The molecule has 1 amide bonds. The number of amides is 1. The quantitative estimate of drug-likeness (QED) is 0.750. The average molecular weight is 325 g/mol. The van der Waals surface area contributed by atoms with E-state index in [1.807, 2.05) is 12.1 Å². The molecule has 0 spiro atoms. The summed E-state index contributed by atoms with van der Waals surface area (Å²) in [6, 6.07) is 9.01. The van der Waals surface area contributed by atoms with Crippen molar-refractivity contribution in [2.75, 3.05) is 5.73 Å². The lowest BCUT2D eigenvalue weighted by atomic mass is 10.1. The average Bonchev–Trinajstić information content (AvgIpc) is 3.08. The molecule has 3 rings (SSSR count). The number of nitrogen functional groups attached to an aromatic ring is 1. The number of aromatic nitrogens is 2. The van der Waals surface area contributed by atoms with Gasteiger partial charge in [-0.3, -0.25) is 4.79 Å². The summed E-state index contributed by atoms with van der Waals surface area (Å²) in [5.74, 6) is -0.586. The van der Waals surface area contributed by atoms with Gasteiger partial charge in [-0.05, 0) is 24.0 Å². The molecule has 0 unspecified atom stereocenters. The molecule has 1 aliphatic carbocycles. The maximum atomic E-state index is 11.3. The monoisotopic (exact) mass is 325 g/mol. The fourth-order valence-electron chi connectivity index (χ4n) is 3.15. The van der Waals surface area contributed by atoms with Gasteiger partial charge in [-0.2, -0.15) is 0 Å². The van der Waals surface area contributed by atoms with Gasteiger partial charge in [0.15, 0.2) is 11.5 Å². The van der Waals surface area contributed by atoms with E-state index in [1.54, 1.807) is 6.20 Å². The summed E-state index contributed by atoms with van der Waals surface area (Å²) in [5, 5.41) is 3.61. The number of hydrogen-bond donors (Lipinski definition) is 3. The van der Waals surface area contributed by atoms with Crippen molar-refractivity contribution < 1.29 is 4.79 Å². The number of nitrogens with zero attached hydrogens (tertiary/aromatic N) is 2. The zero-order valence-corrected chi connectivity index (χ0v) is 13.7. The van der Waals surface area contributed by atoms with Gasteiger partial charge in [0.05, 0.1) is 11.9 Å². The standard InChI is InChI=1S/C18H23N5O/c19-17-16(18(20)24)23-15(11-22-17)9-12-4-3-5-13(8-12)10-21-14-6-1-2-7-14/h3-5,8,11,14,21H,1-2,6-7,9-10H2,(H2,19,22)(H2,20,24). The fourth-order valence-corrected chi connectivity index (χ4v) is 3.15. The Bertz CT molecular complexity index is 725. The lowest BCUT2D eigenvalue weighted by Crippen LogP contribution is -2.25. The summed E-state index contributed by atoms with van der Waals surface area (Å²) in [4.78, 5) is 19.6. The highest BCUT2D eigenvalue weighted by molar-refractivity contribution is 5.94. The number of hydrogen-bond acceptors (Lipinski definition) is 5. The lowest BCUT2D eigenvalue weighted by molar-refractivity contribution is 0.0996. The van der Waals surface area contributed by atoms with Crippen LogP contribution in [0.15, 0.2) is 30.5 Å². The van der Waals surface area contributed by atoms with E-state index in [0.29, 0.717) is 18.2 Å². The van der Waals surface area contributed by atoms with Crippen LogP contribution >= 0.6 is 0 Å². The van der Waals surface area contributed by atoms with Crippen molar-refractivity contribution in [1.82, 2.24) is 15.3 Å². The molecule has 2 aromatic rings. The number of nitrogens with one attached hydrogen (secondary N) is 1. The van der Waals surface area contributed by atoms with E-state index in [9.17, 15) is 4.79 Å². The van der Waals surface area contributed by atoms with Crippen molar-refractivity contribution >= 4 is 11.7 Å². The molecule has 0 radical (unpaired) electrons. The second kappa shape index (κ2) is 7.40. The Balaban J connectivity index is 1.67. The Morgan fingerprint density at radius 1 is 1.25 bits per heavy atom. The Hall–Kier alpha value is -2.47. The second-order valence-corrected chi connectivity index (χ2v) is 6.32. The minimum atomic E-state index is -0.656. The van der Waals surface area contributed by atoms with Crippen LogP contribution in [0.1, 0.15) is 53.0 Å². The molecule has 6 heteroatoms. The largest absolute Gasteiger partial charge is 0.382 e. The molecular weight excluding hydrogens is 302 g/mol. The van der Waals surface area contributed by atoms with E-state index >= 15 is 0 Å². The summed E-state index contributed by atoms with van der Waals surface area (Å²) in [5.41, 5.74) is 14.0. The Labute approximate surface area is 141 Å². The topological polar surface area (TPSA) is 107 Å². The van der Waals surface area contributed by atoms with Crippen LogP contribution < -0.4 is 16.8 Å². The van der Waals surface area contributed by atoms with E-state index in [1.165, 1.54) is 31.2 Å². The van der Waals surface area contributed by atoms with E-state index in [-0.39, 0.29) is 11.5 Å². The molecule has 24 heavy (non-hydrogen) atoms. The van der Waals surface area contributed by atoms with Gasteiger partial charge in [-0.25, -0.2) is 9.97 Å². The van der Waals surface area contributed by atoms with Gasteiger partial charge in [-0.1, -0.05) is 37.1 Å². The van der Waals surface area contributed by atoms with Crippen molar-refractivity contribution in [3.8, 4) is 0 Å². The normalized spacial score (nSPS) is 14.8. The molecular formula is C18H23N5O. The van der Waals surface area contributed by atoms with E-state index < -0.39 is 5.91 Å². The summed E-state index contributed by atoms with van der Waals surface area (Å²) in [7, 11) is 0. The van der Waals surface area contributed by atoms with Gasteiger partial charge >= 0.3 is 0 Å². The first-order valence-corrected chi connectivity index (χ1v) is 8.34. The van der Waals surface area contributed by atoms with Gasteiger partial charge in [-0.15, -0.1) is 0 Å². The highest BCUT2D eigenvalue weighted by Crippen LogP contribution is 2.18. The Morgan fingerprint density at radius 2 is 2.00 bits per heavy atom. The van der Waals surface area contributed by atoms with Crippen LogP contribution in [-0.2, 0) is 13.0 Å². The van der Waals surface area contributed by atoms with E-state index in [4.69, 9.17) is 11.5 Å². The summed E-state index contributed by atoms with van der Waals surface area (Å²) < 4.78 is 0. The maximum Gasteiger partial charge on any atom is 0.271 e. The maximum absolute atomic E-state index is 11.3. The lowest BCUT2D eigenvalue weighted by Gasteiger charge is -2.12. The fraction of sp³-hybridized carbons (Fsp3) is 0.389. The molecule has 1 aliphatic rings. The van der Waals surface area contributed by atoms with Crippen LogP contribution in [0.2, 0.25) is 0 Å². The van der Waals surface area contributed by atoms with Crippen LogP contribution in [0.25, 0.3) is 0 Å². The van der Waals surface area contributed by atoms with Gasteiger partial charge in [0, 0.05) is 19.0 Å². The van der Waals surface area contributed by atoms with Crippen LogP contribution in [0.4, 0.5) is 5.82 Å². The van der Waals surface area contributed by atoms with Crippen molar-refractivity contribution in [2.45, 2.75) is 44.7 Å². The summed E-state index contributed by atoms with van der Waals surface area (Å²) in [6.07, 6.45) is 7.38. The molecule has 0 aliphatic heterocycles. The van der Waals surface area contributed by atoms with Crippen molar-refractivity contribution in [3.63, 3.8) is 0 Å². The number of carbonyl (C=O) groups excluding carboxylic acids is 1. The summed E-state index contributed by atoms with van der Waals surface area (Å²) in [6.45, 7) is 0.873. The Kier molecular flexibility index (Phi) is 5.05. The molecule has 0 atom stereocenters. The van der Waals surface area contributed by atoms with Crippen molar-refractivity contribution in [2.24, 2.45) is 5.73 Å². The minimum Gasteiger partial charge on any atom is -0.382 e. The minimum absolute atomic E-state index is 0.0338. The van der Waals surface area contributed by atoms with Gasteiger partial charge in [0.1, 0.15) is 0 Å². The zero-order valence-electron chi connectivity index (χ0n) is 13.7. The zero-order chi connectivity index (χ0) is 16.9. The van der Waals surface area contributed by atoms with E-state index in [0.717, 1.165) is 12.1 Å². The highest BCUT2D eigenvalue weighted by Gasteiger charge is 2.14. The molecule has 0 bridgehead atoms. The summed E-state index contributed by atoms with van der Waals surface area (Å²) >= 11 is 0. The van der Waals surface area contributed by atoms with Gasteiger partial charge in [0.25, 0.3) is 5.91 Å². The molecule has 0 saturated heterocycles. The molecule has 6 nitrogen and oxygen atoms in total. The van der Waals surface area contributed by atoms with Gasteiger partial charge < -0.3 is 16.8 Å². The number of primary amides is 1. The first kappa shape index (κ1) is 16.4. The predicted octanol–water partition coefficient (Wildman–Crippen LogP) is 1.78. The number of nitrogens with two attached hydrogens (primary N) is 2. The van der Waals surface area contributed by atoms with Crippen molar-refractivity contribution in [1.29, 1.82) is 0 Å². The molecule has 1 saturated carbocycles. The smallest absolute Gasteiger partial charge is 0.271 e. The molecule has 1 fully saturated rings. The highest BCUT2D eigenvalue weighted by atomic mass is 16.1. The first-order chi connectivity index (χ1) is 11.6. The third-order valence-corrected chi connectivity index (χ3v) is 4.41. The number of benzene rings is 1. The Morgan fingerprint density at radius 3 is 2.75 bits per heavy atom. The molecule has 5 N–H and O–H groups in total. The van der Waals surface area contributed by atoms with Crippen LogP contribution in [-0.4, -0.2) is 21.9 Å². The SMILES string of the molecule is NC(=O)c1nc(Cc2cccc(CNC3CCCC3)c2)cnc1N. The van der Waals surface area contributed by atoms with E-state index in [2.05, 4.69) is 27.4 Å². The second-order valence-electron chi connectivity index (χ2n) is 6.32. The molecule has 126 valence electrons.